The van der Waals surface area contributed by atoms with Crippen LogP contribution < -0.4 is 0 Å². The van der Waals surface area contributed by atoms with Gasteiger partial charge in [0.1, 0.15) is 3.49 Å². The lowest BCUT2D eigenvalue weighted by molar-refractivity contribution is 1.27. The lowest BCUT2D eigenvalue weighted by atomic mass is 10.4. The van der Waals surface area contributed by atoms with Crippen LogP contribution in [0.3, 0.4) is 0 Å². The number of halogens is 1. The average Bonchev–Trinajstić information content (AvgIpc) is 2.27. The van der Waals surface area contributed by atoms with Crippen molar-refractivity contribution >= 4 is 39.5 Å². The Labute approximate surface area is 76.9 Å². The van der Waals surface area contributed by atoms with Gasteiger partial charge in [0, 0.05) is 9.79 Å². The molecule has 0 aromatic heterocycles. The highest BCUT2D eigenvalue weighted by atomic mass is 79.9. The summed E-state index contributed by atoms with van der Waals surface area (Å²) in [5.41, 5.74) is 0. The number of fused-ring (bicyclic) bond motifs is 1. The minimum Gasteiger partial charge on any atom is -0.0985 e. The van der Waals surface area contributed by atoms with E-state index in [0.29, 0.717) is 3.49 Å². The molecular weight excluding hydrogens is 228 g/mol. The second kappa shape index (κ2) is 2.80. The summed E-state index contributed by atoms with van der Waals surface area (Å²) in [6, 6.07) is 8.48. The van der Waals surface area contributed by atoms with Gasteiger partial charge in [-0.05, 0) is 12.1 Å². The van der Waals surface area contributed by atoms with Crippen LogP contribution in [-0.2, 0) is 0 Å². The SMILES string of the molecule is BrC1Sc2ccccc2S1. The zero-order valence-corrected chi connectivity index (χ0v) is 8.30. The largest absolute Gasteiger partial charge is 0.114 e. The molecule has 52 valence electrons. The molecule has 0 aliphatic carbocycles. The molecule has 1 aromatic rings. The Hall–Kier alpha value is 0.400. The van der Waals surface area contributed by atoms with Crippen LogP contribution in [0, 0.1) is 0 Å². The highest BCUT2D eigenvalue weighted by molar-refractivity contribution is 9.13. The first kappa shape index (κ1) is 7.07. The van der Waals surface area contributed by atoms with Gasteiger partial charge in [-0.2, -0.15) is 0 Å². The number of alkyl halides is 1. The summed E-state index contributed by atoms with van der Waals surface area (Å²) in [4.78, 5) is 2.80. The van der Waals surface area contributed by atoms with E-state index in [2.05, 4.69) is 40.2 Å². The van der Waals surface area contributed by atoms with Gasteiger partial charge in [-0.25, -0.2) is 0 Å². The minimum atomic E-state index is 0.518. The van der Waals surface area contributed by atoms with Crippen molar-refractivity contribution in [3.05, 3.63) is 24.3 Å². The van der Waals surface area contributed by atoms with Crippen molar-refractivity contribution in [1.82, 2.24) is 0 Å². The van der Waals surface area contributed by atoms with E-state index in [0.717, 1.165) is 0 Å². The molecule has 0 unspecified atom stereocenters. The summed E-state index contributed by atoms with van der Waals surface area (Å²) < 4.78 is 0.518. The van der Waals surface area contributed by atoms with Gasteiger partial charge in [-0.1, -0.05) is 51.6 Å². The molecule has 0 amide bonds. The lowest BCUT2D eigenvalue weighted by Gasteiger charge is -1.90. The smallest absolute Gasteiger partial charge is 0.0985 e. The molecule has 0 saturated carbocycles. The van der Waals surface area contributed by atoms with E-state index >= 15 is 0 Å². The predicted octanol–water partition coefficient (Wildman–Crippen LogP) is 3.56. The lowest BCUT2D eigenvalue weighted by Crippen LogP contribution is -1.67. The van der Waals surface area contributed by atoms with Crippen molar-refractivity contribution in [2.24, 2.45) is 0 Å². The molecular formula is C7H5BrS2. The summed E-state index contributed by atoms with van der Waals surface area (Å²) in [5, 5.41) is 0. The summed E-state index contributed by atoms with van der Waals surface area (Å²) in [7, 11) is 0. The topological polar surface area (TPSA) is 0 Å². The molecule has 10 heavy (non-hydrogen) atoms. The molecule has 0 N–H and O–H groups in total. The van der Waals surface area contributed by atoms with Gasteiger partial charge in [-0.15, -0.1) is 0 Å². The molecule has 0 saturated heterocycles. The molecule has 0 radical (unpaired) electrons. The van der Waals surface area contributed by atoms with Gasteiger partial charge < -0.3 is 0 Å². The first-order valence-electron chi connectivity index (χ1n) is 2.93. The van der Waals surface area contributed by atoms with E-state index in [1.54, 1.807) is 0 Å². The zero-order valence-electron chi connectivity index (χ0n) is 5.08. The summed E-state index contributed by atoms with van der Waals surface area (Å²) in [5.74, 6) is 0. The van der Waals surface area contributed by atoms with Crippen LogP contribution in [0.2, 0.25) is 0 Å². The van der Waals surface area contributed by atoms with Crippen molar-refractivity contribution in [2.75, 3.05) is 0 Å². The van der Waals surface area contributed by atoms with Crippen LogP contribution in [0.15, 0.2) is 34.1 Å². The van der Waals surface area contributed by atoms with Gasteiger partial charge in [-0.3, -0.25) is 0 Å². The maximum Gasteiger partial charge on any atom is 0.114 e. The van der Waals surface area contributed by atoms with E-state index < -0.39 is 0 Å². The monoisotopic (exact) mass is 232 g/mol. The predicted molar refractivity (Wildman–Crippen MR) is 50.9 cm³/mol. The molecule has 1 heterocycles. The fourth-order valence-corrected chi connectivity index (χ4v) is 4.26. The Morgan fingerprint density at radius 1 is 1.10 bits per heavy atom. The summed E-state index contributed by atoms with van der Waals surface area (Å²) in [6.45, 7) is 0. The van der Waals surface area contributed by atoms with Crippen molar-refractivity contribution < 1.29 is 0 Å². The van der Waals surface area contributed by atoms with E-state index in [9.17, 15) is 0 Å². The van der Waals surface area contributed by atoms with Crippen LogP contribution in [0.5, 0.6) is 0 Å². The number of benzene rings is 1. The second-order valence-corrected chi connectivity index (χ2v) is 6.68. The average molecular weight is 233 g/mol. The first-order valence-corrected chi connectivity index (χ1v) is 5.60. The molecule has 1 aliphatic rings. The van der Waals surface area contributed by atoms with Gasteiger partial charge in [0.25, 0.3) is 0 Å². The molecule has 0 spiro atoms. The quantitative estimate of drug-likeness (QED) is 0.628. The third-order valence-corrected chi connectivity index (χ3v) is 4.71. The molecule has 0 nitrogen and oxygen atoms in total. The highest BCUT2D eigenvalue weighted by Gasteiger charge is 2.18. The summed E-state index contributed by atoms with van der Waals surface area (Å²) >= 11 is 7.29. The summed E-state index contributed by atoms with van der Waals surface area (Å²) in [6.07, 6.45) is 0. The Bertz CT molecular complexity index is 224. The number of hydrogen-bond acceptors (Lipinski definition) is 2. The number of hydrogen-bond donors (Lipinski definition) is 0. The van der Waals surface area contributed by atoms with Gasteiger partial charge >= 0.3 is 0 Å². The second-order valence-electron chi connectivity index (χ2n) is 1.96. The maximum atomic E-state index is 3.54. The molecule has 1 aliphatic heterocycles. The number of thioether (sulfide) groups is 2. The standard InChI is InChI=1S/C7H5BrS2/c8-7-9-5-3-1-2-4-6(5)10-7/h1-4,7H. The van der Waals surface area contributed by atoms with Crippen LogP contribution in [0.4, 0.5) is 0 Å². The van der Waals surface area contributed by atoms with Crippen molar-refractivity contribution in [3.63, 3.8) is 0 Å². The Morgan fingerprint density at radius 2 is 1.60 bits per heavy atom. The van der Waals surface area contributed by atoms with Crippen molar-refractivity contribution in [2.45, 2.75) is 13.3 Å². The molecule has 3 heteroatoms. The van der Waals surface area contributed by atoms with E-state index in [4.69, 9.17) is 0 Å². The Morgan fingerprint density at radius 3 is 2.10 bits per heavy atom. The van der Waals surface area contributed by atoms with Crippen molar-refractivity contribution in [1.29, 1.82) is 0 Å². The maximum absolute atomic E-state index is 3.54. The molecule has 1 aromatic carbocycles. The van der Waals surface area contributed by atoms with Gasteiger partial charge in [0.2, 0.25) is 0 Å². The molecule has 0 fully saturated rings. The Kier molecular flexibility index (Phi) is 1.98. The highest BCUT2D eigenvalue weighted by Crippen LogP contribution is 2.49. The normalized spacial score (nSPS) is 17.3. The van der Waals surface area contributed by atoms with E-state index in [-0.39, 0.29) is 0 Å². The van der Waals surface area contributed by atoms with Crippen LogP contribution in [-0.4, -0.2) is 3.49 Å². The fourth-order valence-electron chi connectivity index (χ4n) is 0.869. The third-order valence-electron chi connectivity index (χ3n) is 1.29. The molecule has 0 bridgehead atoms. The third kappa shape index (κ3) is 1.22. The molecule has 2 rings (SSSR count). The van der Waals surface area contributed by atoms with Crippen LogP contribution in [0.25, 0.3) is 0 Å². The van der Waals surface area contributed by atoms with Crippen molar-refractivity contribution in [3.8, 4) is 0 Å². The number of rotatable bonds is 0. The van der Waals surface area contributed by atoms with Gasteiger partial charge in [0.05, 0.1) is 0 Å². The van der Waals surface area contributed by atoms with E-state index in [1.807, 2.05) is 23.5 Å². The Balaban J connectivity index is 2.42. The van der Waals surface area contributed by atoms with Gasteiger partial charge in [0.15, 0.2) is 0 Å². The molecule has 0 atom stereocenters. The fraction of sp³-hybridized carbons (Fsp3) is 0.143. The van der Waals surface area contributed by atoms with Crippen LogP contribution in [0.1, 0.15) is 0 Å². The van der Waals surface area contributed by atoms with Crippen LogP contribution >= 0.6 is 39.5 Å². The van der Waals surface area contributed by atoms with E-state index in [1.165, 1.54) is 9.79 Å². The zero-order chi connectivity index (χ0) is 6.97. The minimum absolute atomic E-state index is 0.518. The first-order chi connectivity index (χ1) is 4.86.